The van der Waals surface area contributed by atoms with Crippen LogP contribution in [0.15, 0.2) is 21.4 Å². The molecule has 0 saturated carbocycles. The molecular weight excluding hydrogens is 245 g/mol. The van der Waals surface area contributed by atoms with E-state index in [1.807, 2.05) is 6.08 Å². The van der Waals surface area contributed by atoms with Gasteiger partial charge in [0.15, 0.2) is 0 Å². The largest absolute Gasteiger partial charge is 0.259 e. The molecule has 1 aliphatic rings. The summed E-state index contributed by atoms with van der Waals surface area (Å²) in [7, 11) is 0. The summed E-state index contributed by atoms with van der Waals surface area (Å²) < 4.78 is 0.968. The number of nitrogens with zero attached hydrogens (tertiary/aromatic N) is 1. The number of halogens is 1. The third-order valence-corrected chi connectivity index (χ3v) is 2.03. The van der Waals surface area contributed by atoms with E-state index in [9.17, 15) is 10.1 Å². The highest BCUT2D eigenvalue weighted by Gasteiger charge is 2.12. The van der Waals surface area contributed by atoms with Crippen molar-refractivity contribution < 1.29 is 4.92 Å². The van der Waals surface area contributed by atoms with Gasteiger partial charge in [0.25, 0.3) is 0 Å². The van der Waals surface area contributed by atoms with E-state index in [1.54, 1.807) is 6.08 Å². The molecule has 10 heavy (non-hydrogen) atoms. The first kappa shape index (κ1) is 7.71. The first-order valence-electron chi connectivity index (χ1n) is 2.91. The molecule has 0 spiro atoms. The zero-order chi connectivity index (χ0) is 7.56. The lowest BCUT2D eigenvalue weighted by Gasteiger charge is -2.01. The summed E-state index contributed by atoms with van der Waals surface area (Å²) in [6, 6.07) is 0. The summed E-state index contributed by atoms with van der Waals surface area (Å²) in [5, 5.41) is 10.2. The highest BCUT2D eigenvalue weighted by Crippen LogP contribution is 2.21. The number of rotatable bonds is 1. The number of hydrogen-bond acceptors (Lipinski definition) is 2. The van der Waals surface area contributed by atoms with Gasteiger partial charge in [0.2, 0.25) is 5.70 Å². The van der Waals surface area contributed by atoms with E-state index in [0.29, 0.717) is 12.1 Å². The fourth-order valence-corrected chi connectivity index (χ4v) is 1.46. The fourth-order valence-electron chi connectivity index (χ4n) is 0.792. The van der Waals surface area contributed by atoms with Crippen LogP contribution in [0.2, 0.25) is 0 Å². The van der Waals surface area contributed by atoms with E-state index in [2.05, 4.69) is 22.6 Å². The number of hydrogen-bond donors (Lipinski definition) is 0. The highest BCUT2D eigenvalue weighted by atomic mass is 127. The normalized spacial score (nSPS) is 17.7. The van der Waals surface area contributed by atoms with Crippen LogP contribution in [0.1, 0.15) is 12.8 Å². The molecule has 0 aromatic carbocycles. The minimum atomic E-state index is -0.314. The maximum atomic E-state index is 10.2. The van der Waals surface area contributed by atoms with Crippen molar-refractivity contribution in [2.24, 2.45) is 0 Å². The Morgan fingerprint density at radius 3 is 2.80 bits per heavy atom. The smallest absolute Gasteiger partial charge is 0.247 e. The lowest BCUT2D eigenvalue weighted by atomic mass is 10.1. The van der Waals surface area contributed by atoms with Gasteiger partial charge in [-0.2, -0.15) is 0 Å². The van der Waals surface area contributed by atoms with Gasteiger partial charge in [-0.15, -0.1) is 0 Å². The van der Waals surface area contributed by atoms with Crippen molar-refractivity contribution >= 4 is 22.6 Å². The van der Waals surface area contributed by atoms with Crippen molar-refractivity contribution in [3.8, 4) is 0 Å². The predicted octanol–water partition coefficient (Wildman–Crippen LogP) is 2.26. The van der Waals surface area contributed by atoms with Gasteiger partial charge in [-0.05, 0) is 29.0 Å². The molecule has 3 nitrogen and oxygen atoms in total. The van der Waals surface area contributed by atoms with Crippen molar-refractivity contribution in [1.82, 2.24) is 0 Å². The first-order valence-corrected chi connectivity index (χ1v) is 3.98. The van der Waals surface area contributed by atoms with Crippen molar-refractivity contribution in [2.45, 2.75) is 12.8 Å². The zero-order valence-electron chi connectivity index (χ0n) is 5.21. The molecule has 0 heterocycles. The Balaban J connectivity index is 2.78. The SMILES string of the molecule is O=[N+]([O-])C1=CC(I)=CCC1. The van der Waals surface area contributed by atoms with E-state index in [-0.39, 0.29) is 4.92 Å². The molecule has 0 fully saturated rings. The predicted molar refractivity (Wildman–Crippen MR) is 46.4 cm³/mol. The summed E-state index contributed by atoms with van der Waals surface area (Å²) in [6.45, 7) is 0. The summed E-state index contributed by atoms with van der Waals surface area (Å²) in [4.78, 5) is 9.89. The van der Waals surface area contributed by atoms with Gasteiger partial charge in [0, 0.05) is 16.1 Å². The van der Waals surface area contributed by atoms with Crippen molar-refractivity contribution in [1.29, 1.82) is 0 Å². The van der Waals surface area contributed by atoms with Crippen molar-refractivity contribution in [3.05, 3.63) is 31.5 Å². The molecular formula is C6H6INO2. The summed E-state index contributed by atoms with van der Waals surface area (Å²) in [5.74, 6) is 0. The molecule has 0 bridgehead atoms. The molecule has 0 radical (unpaired) electrons. The molecule has 0 amide bonds. The lowest BCUT2D eigenvalue weighted by molar-refractivity contribution is -0.428. The monoisotopic (exact) mass is 251 g/mol. The van der Waals surface area contributed by atoms with Crippen LogP contribution < -0.4 is 0 Å². The molecule has 0 aromatic heterocycles. The van der Waals surface area contributed by atoms with Crippen LogP contribution in [0.5, 0.6) is 0 Å². The molecule has 0 N–H and O–H groups in total. The molecule has 1 rings (SSSR count). The Kier molecular flexibility index (Phi) is 2.42. The third kappa shape index (κ3) is 1.80. The molecule has 0 saturated heterocycles. The van der Waals surface area contributed by atoms with Crippen molar-refractivity contribution in [3.63, 3.8) is 0 Å². The van der Waals surface area contributed by atoms with Gasteiger partial charge < -0.3 is 0 Å². The highest BCUT2D eigenvalue weighted by molar-refractivity contribution is 14.1. The molecule has 4 heteroatoms. The van der Waals surface area contributed by atoms with Crippen LogP contribution in [0, 0.1) is 10.1 Å². The van der Waals surface area contributed by atoms with Gasteiger partial charge in [-0.25, -0.2) is 0 Å². The van der Waals surface area contributed by atoms with Gasteiger partial charge >= 0.3 is 0 Å². The van der Waals surface area contributed by atoms with E-state index < -0.39 is 0 Å². The molecule has 0 aliphatic heterocycles. The second-order valence-electron chi connectivity index (χ2n) is 2.02. The minimum Gasteiger partial charge on any atom is -0.259 e. The van der Waals surface area contributed by atoms with Crippen LogP contribution in [-0.2, 0) is 0 Å². The zero-order valence-corrected chi connectivity index (χ0v) is 7.37. The molecule has 1 aliphatic carbocycles. The van der Waals surface area contributed by atoms with Crippen LogP contribution in [-0.4, -0.2) is 4.92 Å². The van der Waals surface area contributed by atoms with E-state index >= 15 is 0 Å². The molecule has 0 atom stereocenters. The number of allylic oxidation sites excluding steroid dienone is 4. The summed E-state index contributed by atoms with van der Waals surface area (Å²) in [5.41, 5.74) is 0.326. The fraction of sp³-hybridized carbons (Fsp3) is 0.333. The Bertz CT molecular complexity index is 220. The Labute approximate surface area is 72.1 Å². The van der Waals surface area contributed by atoms with E-state index in [0.717, 1.165) is 10.0 Å². The van der Waals surface area contributed by atoms with Gasteiger partial charge in [-0.1, -0.05) is 6.08 Å². The molecule has 0 unspecified atom stereocenters. The van der Waals surface area contributed by atoms with Gasteiger partial charge in [-0.3, -0.25) is 10.1 Å². The van der Waals surface area contributed by atoms with Crippen LogP contribution in [0.3, 0.4) is 0 Å². The minimum absolute atomic E-state index is 0.314. The second-order valence-corrected chi connectivity index (χ2v) is 3.27. The summed E-state index contributed by atoms with van der Waals surface area (Å²) >= 11 is 2.09. The second kappa shape index (κ2) is 3.14. The van der Waals surface area contributed by atoms with Gasteiger partial charge in [0.1, 0.15) is 0 Å². The Morgan fingerprint density at radius 1 is 1.70 bits per heavy atom. The average Bonchev–Trinajstić information content (AvgIpc) is 1.88. The Morgan fingerprint density at radius 2 is 2.40 bits per heavy atom. The number of nitro groups is 1. The van der Waals surface area contributed by atoms with E-state index in [1.165, 1.54) is 0 Å². The molecule has 54 valence electrons. The topological polar surface area (TPSA) is 43.1 Å². The first-order chi connectivity index (χ1) is 4.70. The van der Waals surface area contributed by atoms with E-state index in [4.69, 9.17) is 0 Å². The van der Waals surface area contributed by atoms with Crippen LogP contribution in [0.25, 0.3) is 0 Å². The third-order valence-electron chi connectivity index (χ3n) is 1.28. The maximum absolute atomic E-state index is 10.2. The standard InChI is InChI=1S/C6H6INO2/c7-5-2-1-3-6(4-5)8(9)10/h2,4H,1,3H2. The average molecular weight is 251 g/mol. The van der Waals surface area contributed by atoms with Crippen LogP contribution in [0.4, 0.5) is 0 Å². The van der Waals surface area contributed by atoms with Crippen LogP contribution >= 0.6 is 22.6 Å². The maximum Gasteiger partial charge on any atom is 0.247 e. The quantitative estimate of drug-likeness (QED) is 0.407. The lowest BCUT2D eigenvalue weighted by Crippen LogP contribution is -2.00. The summed E-state index contributed by atoms with van der Waals surface area (Å²) in [6.07, 6.45) is 4.97. The molecule has 0 aromatic rings. The Hall–Kier alpha value is -0.390. The van der Waals surface area contributed by atoms with Crippen molar-refractivity contribution in [2.75, 3.05) is 0 Å². The van der Waals surface area contributed by atoms with Gasteiger partial charge in [0.05, 0.1) is 4.92 Å².